The Hall–Kier alpha value is -8.20. The fourth-order valence-electron chi connectivity index (χ4n) is 10.7. The average molecular weight is 831 g/mol. The van der Waals surface area contributed by atoms with Crippen molar-refractivity contribution in [2.45, 2.75) is 19.3 Å². The van der Waals surface area contributed by atoms with Gasteiger partial charge in [0.05, 0.1) is 17.1 Å². The van der Waals surface area contributed by atoms with Crippen molar-refractivity contribution >= 4 is 66.4 Å². The highest BCUT2D eigenvalue weighted by Gasteiger charge is 2.41. The molecule has 0 heterocycles. The first-order valence-corrected chi connectivity index (χ1v) is 22.6. The zero-order valence-corrected chi connectivity index (χ0v) is 36.5. The van der Waals surface area contributed by atoms with Crippen LogP contribution >= 0.6 is 0 Å². The number of rotatable bonds is 8. The van der Waals surface area contributed by atoms with Crippen LogP contribution in [0.15, 0.2) is 243 Å². The van der Waals surface area contributed by atoms with Crippen LogP contribution in [-0.4, -0.2) is 0 Å². The fraction of sp³-hybridized carbons (Fsp3) is 0.0476. The van der Waals surface area contributed by atoms with Crippen LogP contribution in [0.4, 0.5) is 34.1 Å². The third-order valence-electron chi connectivity index (χ3n) is 13.6. The Balaban J connectivity index is 1.11. The van der Waals surface area contributed by atoms with E-state index in [0.717, 1.165) is 28.4 Å². The molecule has 0 N–H and O–H groups in total. The van der Waals surface area contributed by atoms with Crippen LogP contribution in [0.5, 0.6) is 0 Å². The summed E-state index contributed by atoms with van der Waals surface area (Å²) in [6.45, 7) is 4.88. The molecule has 0 saturated carbocycles. The first-order chi connectivity index (χ1) is 32.1. The van der Waals surface area contributed by atoms with Crippen molar-refractivity contribution in [1.29, 1.82) is 0 Å². The van der Waals surface area contributed by atoms with E-state index in [1.165, 1.54) is 82.5 Å². The van der Waals surface area contributed by atoms with Gasteiger partial charge in [-0.1, -0.05) is 202 Å². The molecule has 12 rings (SSSR count). The first kappa shape index (κ1) is 38.5. The van der Waals surface area contributed by atoms with E-state index in [1.54, 1.807) is 0 Å². The van der Waals surface area contributed by atoms with E-state index in [9.17, 15) is 0 Å². The van der Waals surface area contributed by atoms with Gasteiger partial charge in [0.1, 0.15) is 0 Å². The van der Waals surface area contributed by atoms with E-state index in [1.807, 2.05) is 0 Å². The highest BCUT2D eigenvalue weighted by molar-refractivity contribution is 6.23. The number of para-hydroxylation sites is 4. The summed E-state index contributed by atoms with van der Waals surface area (Å²) < 4.78 is 0. The van der Waals surface area contributed by atoms with Crippen molar-refractivity contribution < 1.29 is 0 Å². The molecule has 0 spiro atoms. The molecule has 0 amide bonds. The topological polar surface area (TPSA) is 6.48 Å². The second-order valence-electron chi connectivity index (χ2n) is 17.6. The van der Waals surface area contributed by atoms with Gasteiger partial charge in [0, 0.05) is 39.0 Å². The Morgan fingerprint density at radius 2 is 0.738 bits per heavy atom. The van der Waals surface area contributed by atoms with Gasteiger partial charge in [0.25, 0.3) is 0 Å². The summed E-state index contributed by atoms with van der Waals surface area (Å²) in [6.07, 6.45) is 0. The molecular formula is C63H46N2. The summed E-state index contributed by atoms with van der Waals surface area (Å²) in [5.41, 5.74) is 16.6. The number of hydrogen-bond donors (Lipinski definition) is 0. The first-order valence-electron chi connectivity index (χ1n) is 22.6. The lowest BCUT2D eigenvalue weighted by molar-refractivity contribution is 0.667. The van der Waals surface area contributed by atoms with Crippen LogP contribution in [0.25, 0.3) is 65.7 Å². The smallest absolute Gasteiger partial charge is 0.0543 e. The molecule has 11 aromatic rings. The van der Waals surface area contributed by atoms with Gasteiger partial charge in [-0.3, -0.25) is 0 Å². The Kier molecular flexibility index (Phi) is 9.21. The van der Waals surface area contributed by atoms with Crippen molar-refractivity contribution in [2.75, 3.05) is 9.80 Å². The molecule has 0 bridgehead atoms. The summed E-state index contributed by atoms with van der Waals surface area (Å²) in [5, 5.41) is 7.56. The van der Waals surface area contributed by atoms with Gasteiger partial charge in [0.15, 0.2) is 0 Å². The number of anilines is 6. The molecule has 65 heavy (non-hydrogen) atoms. The van der Waals surface area contributed by atoms with E-state index in [-0.39, 0.29) is 5.41 Å². The molecule has 0 fully saturated rings. The van der Waals surface area contributed by atoms with E-state index < -0.39 is 0 Å². The molecule has 0 radical (unpaired) electrons. The summed E-state index contributed by atoms with van der Waals surface area (Å²) in [5.74, 6) is 0. The maximum atomic E-state index is 2.51. The maximum absolute atomic E-state index is 2.51. The lowest BCUT2D eigenvalue weighted by Gasteiger charge is -2.31. The minimum atomic E-state index is -0.340. The Labute approximate surface area is 380 Å². The molecule has 0 unspecified atom stereocenters. The van der Waals surface area contributed by atoms with Crippen molar-refractivity contribution in [2.24, 2.45) is 0 Å². The minimum Gasteiger partial charge on any atom is -0.310 e. The van der Waals surface area contributed by atoms with Gasteiger partial charge in [-0.15, -0.1) is 0 Å². The molecule has 2 nitrogen and oxygen atoms in total. The van der Waals surface area contributed by atoms with E-state index in [4.69, 9.17) is 0 Å². The van der Waals surface area contributed by atoms with Crippen LogP contribution in [-0.2, 0) is 5.41 Å². The standard InChI is InChI=1S/C63H46N2/c1-63(2)56-42-59(65(46-29-13-6-14-30-46)58-38-22-20-32-49(58)44-25-9-4-10-26-44)51-34-16-18-36-53(51)60(56)61-52-35-17-15-33-50(52)55-41-47(39-40-54(55)62(61)63)64(45-27-11-5-12-28-45)57-37-21-19-31-48(57)43-23-7-3-8-24-43/h3-42H,1-2H3. The van der Waals surface area contributed by atoms with Gasteiger partial charge < -0.3 is 9.80 Å². The van der Waals surface area contributed by atoms with Gasteiger partial charge >= 0.3 is 0 Å². The summed E-state index contributed by atoms with van der Waals surface area (Å²) in [7, 11) is 0. The molecule has 0 aliphatic heterocycles. The van der Waals surface area contributed by atoms with Gasteiger partial charge in [-0.2, -0.15) is 0 Å². The van der Waals surface area contributed by atoms with Crippen LogP contribution in [0.1, 0.15) is 25.0 Å². The number of hydrogen-bond acceptors (Lipinski definition) is 2. The Bertz CT molecular complexity index is 3560. The Morgan fingerprint density at radius 3 is 1.32 bits per heavy atom. The van der Waals surface area contributed by atoms with E-state index >= 15 is 0 Å². The zero-order chi connectivity index (χ0) is 43.5. The van der Waals surface area contributed by atoms with Gasteiger partial charge in [-0.25, -0.2) is 0 Å². The molecular weight excluding hydrogens is 785 g/mol. The summed E-state index contributed by atoms with van der Waals surface area (Å²) in [6, 6.07) is 88.6. The molecule has 2 heteroatoms. The minimum absolute atomic E-state index is 0.340. The van der Waals surface area contributed by atoms with Crippen molar-refractivity contribution in [3.8, 4) is 33.4 Å². The van der Waals surface area contributed by atoms with E-state index in [0.29, 0.717) is 0 Å². The van der Waals surface area contributed by atoms with Crippen molar-refractivity contribution in [3.63, 3.8) is 0 Å². The van der Waals surface area contributed by atoms with Crippen LogP contribution in [0.3, 0.4) is 0 Å². The molecule has 0 atom stereocenters. The summed E-state index contributed by atoms with van der Waals surface area (Å²) in [4.78, 5) is 4.91. The quantitative estimate of drug-likeness (QED) is 0.141. The molecule has 0 aromatic heterocycles. The van der Waals surface area contributed by atoms with Gasteiger partial charge in [-0.05, 0) is 115 Å². The third kappa shape index (κ3) is 6.25. The molecule has 11 aromatic carbocycles. The number of benzene rings is 11. The van der Waals surface area contributed by atoms with Crippen molar-refractivity contribution in [3.05, 3.63) is 254 Å². The largest absolute Gasteiger partial charge is 0.310 e. The molecule has 308 valence electrons. The zero-order valence-electron chi connectivity index (χ0n) is 36.5. The normalized spacial score (nSPS) is 12.6. The lowest BCUT2D eigenvalue weighted by Crippen LogP contribution is -2.18. The highest BCUT2D eigenvalue weighted by Crippen LogP contribution is 2.59. The maximum Gasteiger partial charge on any atom is 0.0543 e. The SMILES string of the molecule is CC1(C)c2cc(N(c3ccccc3)c3ccccc3-c3ccccc3)c3ccccc3c2-c2c1c1ccc(N(c3ccccc3)c3ccccc3-c3ccccc3)cc1c1ccccc21. The second-order valence-corrected chi connectivity index (χ2v) is 17.6. The molecule has 1 aliphatic rings. The lowest BCUT2D eigenvalue weighted by atomic mass is 9.78. The number of fused-ring (bicyclic) bond motifs is 10. The fourth-order valence-corrected chi connectivity index (χ4v) is 10.7. The predicted octanol–water partition coefficient (Wildman–Crippen LogP) is 17.7. The average Bonchev–Trinajstić information content (AvgIpc) is 3.62. The summed E-state index contributed by atoms with van der Waals surface area (Å²) >= 11 is 0. The molecule has 0 saturated heterocycles. The van der Waals surface area contributed by atoms with Crippen molar-refractivity contribution in [1.82, 2.24) is 0 Å². The third-order valence-corrected chi connectivity index (χ3v) is 13.6. The monoisotopic (exact) mass is 830 g/mol. The molecule has 1 aliphatic carbocycles. The van der Waals surface area contributed by atoms with Crippen LogP contribution in [0.2, 0.25) is 0 Å². The second kappa shape index (κ2) is 15.6. The predicted molar refractivity (Wildman–Crippen MR) is 277 cm³/mol. The van der Waals surface area contributed by atoms with E-state index in [2.05, 4.69) is 266 Å². The number of nitrogens with zero attached hydrogens (tertiary/aromatic N) is 2. The van der Waals surface area contributed by atoms with Crippen LogP contribution < -0.4 is 9.80 Å². The van der Waals surface area contributed by atoms with Gasteiger partial charge in [0.2, 0.25) is 0 Å². The van der Waals surface area contributed by atoms with Crippen LogP contribution in [0, 0.1) is 0 Å². The highest BCUT2D eigenvalue weighted by atomic mass is 15.2. The Morgan fingerprint density at radius 1 is 0.292 bits per heavy atom.